The molecule has 5 nitrogen and oxygen atoms in total. The van der Waals surface area contributed by atoms with Crippen molar-refractivity contribution < 1.29 is 4.39 Å². The molecule has 0 aliphatic rings. The maximum absolute atomic E-state index is 12.9. The highest BCUT2D eigenvalue weighted by Crippen LogP contribution is 2.25. The summed E-state index contributed by atoms with van der Waals surface area (Å²) in [5.74, 6) is 0.437. The lowest BCUT2D eigenvalue weighted by atomic mass is 10.3. The second-order valence-corrected chi connectivity index (χ2v) is 5.36. The molecule has 0 unspecified atom stereocenters. The molecule has 4 aromatic rings. The normalized spacial score (nSPS) is 11.0. The van der Waals surface area contributed by atoms with Crippen LogP contribution in [0.1, 0.15) is 0 Å². The third kappa shape index (κ3) is 2.55. The number of aryl methyl sites for hydroxylation is 1. The third-order valence-corrected chi connectivity index (χ3v) is 3.71. The topological polar surface area (TPSA) is 58.5 Å². The molecule has 0 saturated heterocycles. The van der Waals surface area contributed by atoms with Gasteiger partial charge in [-0.25, -0.2) is 14.4 Å². The first-order valence-corrected chi connectivity index (χ1v) is 7.17. The zero-order chi connectivity index (χ0) is 15.8. The van der Waals surface area contributed by atoms with Crippen molar-refractivity contribution in [1.29, 1.82) is 0 Å². The number of imidazole rings is 1. The predicted octanol–water partition coefficient (Wildman–Crippen LogP) is 3.85. The minimum Gasteiger partial charge on any atom is -0.353 e. The van der Waals surface area contributed by atoms with Crippen LogP contribution in [0.2, 0.25) is 0 Å². The molecule has 3 heterocycles. The fourth-order valence-electron chi connectivity index (χ4n) is 2.53. The summed E-state index contributed by atoms with van der Waals surface area (Å²) in [5.41, 5.74) is 3.76. The number of benzene rings is 1. The van der Waals surface area contributed by atoms with Gasteiger partial charge in [-0.2, -0.15) is 0 Å². The number of hydrogen-bond donors (Lipinski definition) is 2. The van der Waals surface area contributed by atoms with Gasteiger partial charge < -0.3 is 14.9 Å². The largest absolute Gasteiger partial charge is 0.353 e. The molecule has 0 saturated carbocycles. The van der Waals surface area contributed by atoms with E-state index in [4.69, 9.17) is 0 Å². The molecule has 0 bridgehead atoms. The first-order valence-electron chi connectivity index (χ1n) is 7.17. The van der Waals surface area contributed by atoms with Crippen molar-refractivity contribution in [1.82, 2.24) is 19.5 Å². The van der Waals surface area contributed by atoms with Crippen molar-refractivity contribution >= 4 is 22.4 Å². The van der Waals surface area contributed by atoms with E-state index in [0.717, 1.165) is 28.0 Å². The molecule has 6 heteroatoms. The summed E-state index contributed by atoms with van der Waals surface area (Å²) in [5, 5.41) is 4.18. The number of aromatic nitrogens is 4. The van der Waals surface area contributed by atoms with E-state index in [0.29, 0.717) is 5.82 Å². The SMILES string of the molecule is Cn1cncc1-c1cc2cnc(Nc3ccc(F)cc3)cc2[nH]1. The van der Waals surface area contributed by atoms with Gasteiger partial charge in [-0.05, 0) is 30.3 Å². The Morgan fingerprint density at radius 3 is 2.70 bits per heavy atom. The van der Waals surface area contributed by atoms with E-state index < -0.39 is 0 Å². The molecule has 0 aliphatic heterocycles. The Labute approximate surface area is 131 Å². The Hall–Kier alpha value is -3.15. The number of rotatable bonds is 3. The van der Waals surface area contributed by atoms with Crippen molar-refractivity contribution in [3.63, 3.8) is 0 Å². The summed E-state index contributed by atoms with van der Waals surface area (Å²) in [6.45, 7) is 0. The molecule has 1 aromatic carbocycles. The Bertz CT molecular complexity index is 968. The number of hydrogen-bond acceptors (Lipinski definition) is 3. The van der Waals surface area contributed by atoms with Gasteiger partial charge in [0.2, 0.25) is 0 Å². The van der Waals surface area contributed by atoms with Crippen LogP contribution in [0.4, 0.5) is 15.9 Å². The quantitative estimate of drug-likeness (QED) is 0.604. The Morgan fingerprint density at radius 2 is 1.96 bits per heavy atom. The van der Waals surface area contributed by atoms with E-state index in [1.807, 2.05) is 29.9 Å². The Kier molecular flexibility index (Phi) is 3.08. The molecule has 0 fully saturated rings. The van der Waals surface area contributed by atoms with Crippen LogP contribution >= 0.6 is 0 Å². The fourth-order valence-corrected chi connectivity index (χ4v) is 2.53. The number of H-pyrrole nitrogens is 1. The van der Waals surface area contributed by atoms with Crippen molar-refractivity contribution in [2.24, 2.45) is 7.05 Å². The average Bonchev–Trinajstić information content (AvgIpc) is 3.14. The first kappa shape index (κ1) is 13.5. The second-order valence-electron chi connectivity index (χ2n) is 5.36. The number of nitrogens with zero attached hydrogens (tertiary/aromatic N) is 3. The molecule has 23 heavy (non-hydrogen) atoms. The smallest absolute Gasteiger partial charge is 0.132 e. The Balaban J connectivity index is 1.68. The van der Waals surface area contributed by atoms with Gasteiger partial charge >= 0.3 is 0 Å². The van der Waals surface area contributed by atoms with Crippen LogP contribution in [0.25, 0.3) is 22.3 Å². The molecule has 114 valence electrons. The highest BCUT2D eigenvalue weighted by atomic mass is 19.1. The van der Waals surface area contributed by atoms with E-state index >= 15 is 0 Å². The van der Waals surface area contributed by atoms with Gasteiger partial charge in [0.15, 0.2) is 0 Å². The molecule has 3 aromatic heterocycles. The minimum absolute atomic E-state index is 0.260. The van der Waals surface area contributed by atoms with E-state index in [2.05, 4.69) is 20.3 Å². The number of anilines is 2. The summed E-state index contributed by atoms with van der Waals surface area (Å²) in [4.78, 5) is 11.9. The molecule has 4 rings (SSSR count). The molecule has 0 spiro atoms. The van der Waals surface area contributed by atoms with Gasteiger partial charge in [-0.15, -0.1) is 0 Å². The highest BCUT2D eigenvalue weighted by molar-refractivity contribution is 5.86. The maximum atomic E-state index is 12.9. The lowest BCUT2D eigenvalue weighted by molar-refractivity contribution is 0.628. The highest BCUT2D eigenvalue weighted by Gasteiger charge is 2.08. The standard InChI is InChI=1S/C17H14FN5/c1-23-10-19-9-16(23)15-6-11-8-20-17(7-14(11)22-15)21-13-4-2-12(18)3-5-13/h2-10,22H,1H3,(H,20,21). The molecule has 0 amide bonds. The van der Waals surface area contributed by atoms with E-state index in [1.165, 1.54) is 12.1 Å². The van der Waals surface area contributed by atoms with Crippen molar-refractivity contribution in [3.05, 3.63) is 60.9 Å². The second kappa shape index (κ2) is 5.24. The van der Waals surface area contributed by atoms with Crippen LogP contribution in [0.5, 0.6) is 0 Å². The van der Waals surface area contributed by atoms with E-state index in [1.54, 1.807) is 24.7 Å². The lowest BCUT2D eigenvalue weighted by Crippen LogP contribution is -1.93. The monoisotopic (exact) mass is 307 g/mol. The first-order chi connectivity index (χ1) is 11.2. The van der Waals surface area contributed by atoms with Gasteiger partial charge in [-0.1, -0.05) is 0 Å². The molecular formula is C17H14FN5. The molecule has 0 radical (unpaired) electrons. The van der Waals surface area contributed by atoms with Crippen LogP contribution in [-0.4, -0.2) is 19.5 Å². The van der Waals surface area contributed by atoms with E-state index in [9.17, 15) is 4.39 Å². The molecule has 0 aliphatic carbocycles. The van der Waals surface area contributed by atoms with Crippen molar-refractivity contribution in [3.8, 4) is 11.4 Å². The predicted molar refractivity (Wildman–Crippen MR) is 88.0 cm³/mol. The average molecular weight is 307 g/mol. The van der Waals surface area contributed by atoms with E-state index in [-0.39, 0.29) is 5.82 Å². The third-order valence-electron chi connectivity index (χ3n) is 3.71. The number of fused-ring (bicyclic) bond motifs is 1. The number of pyridine rings is 1. The maximum Gasteiger partial charge on any atom is 0.132 e. The van der Waals surface area contributed by atoms with Crippen LogP contribution in [0.15, 0.2) is 55.1 Å². The van der Waals surface area contributed by atoms with Crippen LogP contribution in [-0.2, 0) is 7.05 Å². The zero-order valence-electron chi connectivity index (χ0n) is 12.4. The minimum atomic E-state index is -0.260. The van der Waals surface area contributed by atoms with Crippen LogP contribution in [0, 0.1) is 5.82 Å². The van der Waals surface area contributed by atoms with Gasteiger partial charge in [0.05, 0.1) is 29.4 Å². The van der Waals surface area contributed by atoms with Gasteiger partial charge in [-0.3, -0.25) is 0 Å². The molecular weight excluding hydrogens is 293 g/mol. The number of halogens is 1. The molecule has 2 N–H and O–H groups in total. The van der Waals surface area contributed by atoms with Gasteiger partial charge in [0.1, 0.15) is 11.6 Å². The number of nitrogens with one attached hydrogen (secondary N) is 2. The summed E-state index contributed by atoms with van der Waals surface area (Å²) >= 11 is 0. The fraction of sp³-hybridized carbons (Fsp3) is 0.0588. The Morgan fingerprint density at radius 1 is 1.13 bits per heavy atom. The molecule has 0 atom stereocenters. The summed E-state index contributed by atoms with van der Waals surface area (Å²) in [7, 11) is 1.95. The summed E-state index contributed by atoms with van der Waals surface area (Å²) < 4.78 is 14.9. The summed E-state index contributed by atoms with van der Waals surface area (Å²) in [6.07, 6.45) is 5.38. The van der Waals surface area contributed by atoms with Crippen LogP contribution < -0.4 is 5.32 Å². The van der Waals surface area contributed by atoms with Gasteiger partial charge in [0, 0.05) is 30.4 Å². The zero-order valence-corrected chi connectivity index (χ0v) is 12.4. The lowest BCUT2D eigenvalue weighted by Gasteiger charge is -2.05. The number of aromatic amines is 1. The van der Waals surface area contributed by atoms with Gasteiger partial charge in [0.25, 0.3) is 0 Å². The van der Waals surface area contributed by atoms with Crippen molar-refractivity contribution in [2.45, 2.75) is 0 Å². The van der Waals surface area contributed by atoms with Crippen molar-refractivity contribution in [2.75, 3.05) is 5.32 Å². The summed E-state index contributed by atoms with van der Waals surface area (Å²) in [6, 6.07) is 10.2. The van der Waals surface area contributed by atoms with Crippen LogP contribution in [0.3, 0.4) is 0 Å².